The number of benzene rings is 1. The minimum absolute atomic E-state index is 0.333. The molecule has 0 radical (unpaired) electrons. The molecular formula is C22H36N4O3S. The molecular weight excluding hydrogens is 400 g/mol. The van der Waals surface area contributed by atoms with E-state index in [9.17, 15) is 8.42 Å². The Bertz CT molecular complexity index is 799. The second-order valence-corrected chi connectivity index (χ2v) is 10.9. The maximum Gasteiger partial charge on any atom is 0.191 e. The summed E-state index contributed by atoms with van der Waals surface area (Å²) >= 11 is 0. The van der Waals surface area contributed by atoms with E-state index in [1.165, 1.54) is 11.8 Å². The fourth-order valence-corrected chi connectivity index (χ4v) is 5.67. The van der Waals surface area contributed by atoms with E-state index in [2.05, 4.69) is 57.8 Å². The van der Waals surface area contributed by atoms with E-state index in [-0.39, 0.29) is 0 Å². The Balaban J connectivity index is 1.51. The van der Waals surface area contributed by atoms with Crippen molar-refractivity contribution in [2.75, 3.05) is 46.2 Å². The van der Waals surface area contributed by atoms with Crippen LogP contribution in [0.3, 0.4) is 0 Å². The first-order valence-corrected chi connectivity index (χ1v) is 12.8. The monoisotopic (exact) mass is 436 g/mol. The zero-order chi connectivity index (χ0) is 21.6. The molecule has 2 saturated heterocycles. The largest absolute Gasteiger partial charge is 0.381 e. The molecule has 8 heteroatoms. The van der Waals surface area contributed by atoms with Crippen LogP contribution in [0.5, 0.6) is 0 Å². The summed E-state index contributed by atoms with van der Waals surface area (Å²) in [5.74, 6) is 0.680. The normalized spacial score (nSPS) is 22.4. The maximum absolute atomic E-state index is 12.5. The molecule has 7 nitrogen and oxygen atoms in total. The topological polar surface area (TPSA) is 83.0 Å². The van der Waals surface area contributed by atoms with Crippen molar-refractivity contribution in [3.05, 3.63) is 35.9 Å². The van der Waals surface area contributed by atoms with Crippen molar-refractivity contribution >= 4 is 15.8 Å². The van der Waals surface area contributed by atoms with Gasteiger partial charge in [-0.3, -0.25) is 9.89 Å². The van der Waals surface area contributed by atoms with Crippen molar-refractivity contribution in [1.82, 2.24) is 15.5 Å². The van der Waals surface area contributed by atoms with Crippen LogP contribution in [0.1, 0.15) is 44.2 Å². The number of likely N-dealkylation sites (tertiary alicyclic amines) is 1. The molecule has 2 N–H and O–H groups in total. The number of nitrogens with zero attached hydrogens (tertiary/aromatic N) is 2. The highest BCUT2D eigenvalue weighted by Crippen LogP contribution is 2.28. The van der Waals surface area contributed by atoms with Crippen LogP contribution in [0.4, 0.5) is 0 Å². The van der Waals surface area contributed by atoms with Crippen LogP contribution in [-0.4, -0.2) is 76.2 Å². The van der Waals surface area contributed by atoms with E-state index in [0.29, 0.717) is 50.6 Å². The minimum Gasteiger partial charge on any atom is -0.381 e. The van der Waals surface area contributed by atoms with Gasteiger partial charge in [0, 0.05) is 58.2 Å². The van der Waals surface area contributed by atoms with Gasteiger partial charge in [-0.15, -0.1) is 0 Å². The van der Waals surface area contributed by atoms with E-state index < -0.39 is 14.6 Å². The van der Waals surface area contributed by atoms with Crippen molar-refractivity contribution in [1.29, 1.82) is 0 Å². The molecule has 1 unspecified atom stereocenters. The number of ether oxygens (including phenoxy) is 1. The van der Waals surface area contributed by atoms with E-state index >= 15 is 0 Å². The molecule has 2 aliphatic rings. The lowest BCUT2D eigenvalue weighted by Crippen LogP contribution is -2.55. The third-order valence-corrected chi connectivity index (χ3v) is 8.82. The summed E-state index contributed by atoms with van der Waals surface area (Å²) in [6.45, 7) is 5.64. The van der Waals surface area contributed by atoms with Gasteiger partial charge in [-0.1, -0.05) is 30.3 Å². The number of rotatable bonds is 6. The van der Waals surface area contributed by atoms with Crippen molar-refractivity contribution in [2.45, 2.75) is 49.4 Å². The molecule has 1 atom stereocenters. The summed E-state index contributed by atoms with van der Waals surface area (Å²) in [6.07, 6.45) is 4.43. The van der Waals surface area contributed by atoms with Gasteiger partial charge < -0.3 is 15.4 Å². The van der Waals surface area contributed by atoms with Crippen molar-refractivity contribution in [3.8, 4) is 0 Å². The lowest BCUT2D eigenvalue weighted by atomic mass is 9.99. The van der Waals surface area contributed by atoms with Gasteiger partial charge in [0.15, 0.2) is 15.8 Å². The van der Waals surface area contributed by atoms with Gasteiger partial charge in [0.2, 0.25) is 0 Å². The third kappa shape index (κ3) is 5.53. The standard InChI is InChI=1S/C22H36N4O3S/c1-18(19-7-5-4-6-8-19)26-13-9-20(10-14-26)25-21(23-2)24-17-22(30(3,27)28)11-15-29-16-12-22/h4-8,18,20H,9-17H2,1-3H3,(H2,23,24,25). The fourth-order valence-electron chi connectivity index (χ4n) is 4.43. The van der Waals surface area contributed by atoms with Gasteiger partial charge in [0.1, 0.15) is 0 Å². The Morgan fingerprint density at radius 3 is 2.43 bits per heavy atom. The van der Waals surface area contributed by atoms with Gasteiger partial charge in [-0.2, -0.15) is 0 Å². The fraction of sp³-hybridized carbons (Fsp3) is 0.682. The number of aliphatic imine (C=N–C) groups is 1. The highest BCUT2D eigenvalue weighted by molar-refractivity contribution is 7.92. The zero-order valence-electron chi connectivity index (χ0n) is 18.4. The van der Waals surface area contributed by atoms with E-state index in [1.807, 2.05) is 0 Å². The molecule has 0 aliphatic carbocycles. The number of piperidine rings is 1. The highest BCUT2D eigenvalue weighted by Gasteiger charge is 2.42. The Morgan fingerprint density at radius 1 is 1.23 bits per heavy atom. The first kappa shape index (κ1) is 23.0. The summed E-state index contributed by atoms with van der Waals surface area (Å²) in [7, 11) is -1.46. The lowest BCUT2D eigenvalue weighted by Gasteiger charge is -2.38. The van der Waals surface area contributed by atoms with Gasteiger partial charge in [-0.25, -0.2) is 8.42 Å². The van der Waals surface area contributed by atoms with Crippen LogP contribution in [0, 0.1) is 0 Å². The molecule has 0 amide bonds. The summed E-state index contributed by atoms with van der Waals surface area (Å²) in [4.78, 5) is 6.85. The summed E-state index contributed by atoms with van der Waals surface area (Å²) < 4.78 is 29.5. The van der Waals surface area contributed by atoms with Gasteiger partial charge in [0.25, 0.3) is 0 Å². The molecule has 0 aromatic heterocycles. The van der Waals surface area contributed by atoms with Crippen LogP contribution in [0.25, 0.3) is 0 Å². The first-order chi connectivity index (χ1) is 14.3. The van der Waals surface area contributed by atoms with Gasteiger partial charge >= 0.3 is 0 Å². The van der Waals surface area contributed by atoms with Crippen LogP contribution >= 0.6 is 0 Å². The smallest absolute Gasteiger partial charge is 0.191 e. The Morgan fingerprint density at radius 2 is 1.87 bits per heavy atom. The summed E-state index contributed by atoms with van der Waals surface area (Å²) in [5, 5.41) is 6.78. The number of hydrogen-bond acceptors (Lipinski definition) is 5. The molecule has 2 fully saturated rings. The van der Waals surface area contributed by atoms with Crippen LogP contribution < -0.4 is 10.6 Å². The SMILES string of the molecule is CN=C(NCC1(S(C)(=O)=O)CCOCC1)NC1CCN(C(C)c2ccccc2)CC1. The first-order valence-electron chi connectivity index (χ1n) is 10.9. The van der Waals surface area contributed by atoms with Crippen molar-refractivity contribution in [3.63, 3.8) is 0 Å². The summed E-state index contributed by atoms with van der Waals surface area (Å²) in [5.41, 5.74) is 1.35. The molecule has 0 bridgehead atoms. The quantitative estimate of drug-likeness (QED) is 0.524. The maximum atomic E-state index is 12.5. The predicted octanol–water partition coefficient (Wildman–Crippen LogP) is 1.97. The minimum atomic E-state index is -3.20. The average molecular weight is 437 g/mol. The van der Waals surface area contributed by atoms with Gasteiger partial charge in [-0.05, 0) is 38.2 Å². The number of guanidine groups is 1. The van der Waals surface area contributed by atoms with Crippen LogP contribution in [-0.2, 0) is 14.6 Å². The number of sulfone groups is 1. The molecule has 0 spiro atoms. The molecule has 30 heavy (non-hydrogen) atoms. The average Bonchev–Trinajstić information content (AvgIpc) is 2.77. The zero-order valence-corrected chi connectivity index (χ0v) is 19.2. The lowest BCUT2D eigenvalue weighted by molar-refractivity contribution is 0.0755. The Hall–Kier alpha value is -1.64. The van der Waals surface area contributed by atoms with Crippen molar-refractivity contribution < 1.29 is 13.2 Å². The molecule has 1 aromatic carbocycles. The number of nitrogens with one attached hydrogen (secondary N) is 2. The van der Waals surface area contributed by atoms with E-state index in [4.69, 9.17) is 4.74 Å². The molecule has 2 aliphatic heterocycles. The predicted molar refractivity (Wildman–Crippen MR) is 122 cm³/mol. The van der Waals surface area contributed by atoms with Crippen LogP contribution in [0.2, 0.25) is 0 Å². The van der Waals surface area contributed by atoms with Crippen molar-refractivity contribution in [2.24, 2.45) is 4.99 Å². The highest BCUT2D eigenvalue weighted by atomic mass is 32.2. The third-order valence-electron chi connectivity index (χ3n) is 6.69. The molecule has 168 valence electrons. The second-order valence-electron chi connectivity index (χ2n) is 8.53. The molecule has 2 heterocycles. The van der Waals surface area contributed by atoms with E-state index in [1.54, 1.807) is 7.05 Å². The summed E-state index contributed by atoms with van der Waals surface area (Å²) in [6, 6.07) is 11.4. The Labute approximate surface area is 181 Å². The molecule has 1 aromatic rings. The Kier molecular flexibility index (Phi) is 7.76. The molecule has 3 rings (SSSR count). The van der Waals surface area contributed by atoms with E-state index in [0.717, 1.165) is 25.9 Å². The van der Waals surface area contributed by atoms with Crippen LogP contribution in [0.15, 0.2) is 35.3 Å². The van der Waals surface area contributed by atoms with Gasteiger partial charge in [0.05, 0.1) is 4.75 Å². The second kappa shape index (κ2) is 10.1. The molecule has 0 saturated carbocycles. The number of hydrogen-bond donors (Lipinski definition) is 2.